The third kappa shape index (κ3) is 12.5. The van der Waals surface area contributed by atoms with Crippen LogP contribution in [-0.4, -0.2) is 112 Å². The third-order valence-corrected chi connectivity index (χ3v) is 5.02. The maximum atomic E-state index is 13.0. The van der Waals surface area contributed by atoms with Gasteiger partial charge < -0.3 is 46.1 Å². The third-order valence-electron chi connectivity index (χ3n) is 5.02. The maximum Gasteiger partial charge on any atom is 0.336 e. The molecule has 0 saturated heterocycles. The minimum atomic E-state index is -0.908. The van der Waals surface area contributed by atoms with Gasteiger partial charge in [-0.2, -0.15) is 0 Å². The Hall–Kier alpha value is -3.90. The largest absolute Gasteiger partial charge is 0.383 e. The summed E-state index contributed by atoms with van der Waals surface area (Å²) >= 11 is 0. The molecule has 0 unspecified atom stereocenters. The zero-order valence-electron chi connectivity index (χ0n) is 22.5. The summed E-state index contributed by atoms with van der Waals surface area (Å²) in [5.74, 6) is 0. The van der Waals surface area contributed by atoms with Crippen LogP contribution in [0.3, 0.4) is 0 Å². The summed E-state index contributed by atoms with van der Waals surface area (Å²) in [6.07, 6.45) is 0. The van der Waals surface area contributed by atoms with Crippen molar-refractivity contribution >= 4 is 18.1 Å². The smallest absolute Gasteiger partial charge is 0.336 e. The van der Waals surface area contributed by atoms with Gasteiger partial charge in [-0.15, -0.1) is 0 Å². The molecule has 0 radical (unpaired) electrons. The van der Waals surface area contributed by atoms with Crippen LogP contribution in [0.2, 0.25) is 0 Å². The number of aromatic nitrogens is 3. The van der Waals surface area contributed by atoms with Gasteiger partial charge in [0.25, 0.3) is 0 Å². The van der Waals surface area contributed by atoms with Gasteiger partial charge in [0, 0.05) is 80.2 Å². The van der Waals surface area contributed by atoms with Gasteiger partial charge in [0.05, 0.1) is 19.8 Å². The number of carbonyl (C=O) groups is 3. The number of urea groups is 3. The molecule has 0 aliphatic carbocycles. The number of amides is 6. The first-order chi connectivity index (χ1) is 18.8. The normalized spacial score (nSPS) is 10.5. The van der Waals surface area contributed by atoms with E-state index < -0.39 is 35.2 Å². The number of rotatable bonds is 18. The molecule has 0 bridgehead atoms. The van der Waals surface area contributed by atoms with E-state index in [2.05, 4.69) is 31.9 Å². The summed E-state index contributed by atoms with van der Waals surface area (Å²) < 4.78 is 16.9. The van der Waals surface area contributed by atoms with Crippen LogP contribution in [0.25, 0.3) is 0 Å². The standard InChI is InChI=1S/C21H39N9O9/c1-37-13-7-25-16(31)22-4-10-28-19(34)29(11-5-23-17(32)26-8-14-38-2)21(36)30(20(28)35)12-6-24-18(33)27-9-15-39-3/h4-15H2,1-3H3,(H2,22,25,31)(H2,23,26,32)(H2,24,27,33). The number of ether oxygens (including phenoxy) is 3. The van der Waals surface area contributed by atoms with Crippen molar-refractivity contribution in [2.45, 2.75) is 19.6 Å². The first-order valence-electron chi connectivity index (χ1n) is 12.2. The zero-order valence-corrected chi connectivity index (χ0v) is 22.5. The minimum Gasteiger partial charge on any atom is -0.383 e. The molecule has 0 aromatic carbocycles. The molecule has 1 rings (SSSR count). The molecule has 222 valence electrons. The van der Waals surface area contributed by atoms with Crippen molar-refractivity contribution in [2.75, 3.05) is 80.4 Å². The van der Waals surface area contributed by atoms with Crippen molar-refractivity contribution in [3.8, 4) is 0 Å². The van der Waals surface area contributed by atoms with E-state index >= 15 is 0 Å². The molecule has 1 aromatic rings. The van der Waals surface area contributed by atoms with Gasteiger partial charge in [0.15, 0.2) is 0 Å². The fraction of sp³-hybridized carbons (Fsp3) is 0.714. The van der Waals surface area contributed by atoms with Crippen LogP contribution in [0.15, 0.2) is 14.4 Å². The Morgan fingerprint density at radius 2 is 0.718 bits per heavy atom. The highest BCUT2D eigenvalue weighted by atomic mass is 16.5. The average Bonchev–Trinajstić information content (AvgIpc) is 2.90. The van der Waals surface area contributed by atoms with Crippen LogP contribution in [0.1, 0.15) is 0 Å². The quantitative estimate of drug-likeness (QED) is 0.0961. The Kier molecular flexibility index (Phi) is 16.3. The van der Waals surface area contributed by atoms with E-state index in [0.717, 1.165) is 13.7 Å². The highest BCUT2D eigenvalue weighted by Gasteiger charge is 2.16. The van der Waals surface area contributed by atoms with E-state index in [1.165, 1.54) is 21.3 Å². The van der Waals surface area contributed by atoms with E-state index in [1.807, 2.05) is 0 Å². The summed E-state index contributed by atoms with van der Waals surface area (Å²) in [5.41, 5.74) is -2.72. The molecule has 39 heavy (non-hydrogen) atoms. The summed E-state index contributed by atoms with van der Waals surface area (Å²) in [6, 6.07) is -1.58. The lowest BCUT2D eigenvalue weighted by atomic mass is 10.5. The second-order valence-electron chi connectivity index (χ2n) is 7.83. The van der Waals surface area contributed by atoms with Gasteiger partial charge in [-0.3, -0.25) is 0 Å². The van der Waals surface area contributed by atoms with E-state index in [1.54, 1.807) is 0 Å². The Labute approximate surface area is 224 Å². The SMILES string of the molecule is COCCNC(=O)NCCn1c(=O)n(CCNC(=O)NCCOC)c(=O)n(CCNC(=O)NCCOC)c1=O. The van der Waals surface area contributed by atoms with Gasteiger partial charge in [-0.1, -0.05) is 0 Å². The predicted octanol–water partition coefficient (Wildman–Crippen LogP) is -3.99. The van der Waals surface area contributed by atoms with Crippen molar-refractivity contribution in [1.82, 2.24) is 45.6 Å². The fourth-order valence-electron chi connectivity index (χ4n) is 3.09. The monoisotopic (exact) mass is 561 g/mol. The molecule has 0 aliphatic rings. The highest BCUT2D eigenvalue weighted by molar-refractivity contribution is 5.74. The molecule has 18 heteroatoms. The molecule has 1 aromatic heterocycles. The van der Waals surface area contributed by atoms with Crippen molar-refractivity contribution in [3.05, 3.63) is 31.5 Å². The number of hydrogen-bond acceptors (Lipinski definition) is 9. The number of methoxy groups -OCH3 is 3. The Morgan fingerprint density at radius 1 is 0.487 bits per heavy atom. The minimum absolute atomic E-state index is 0.0908. The van der Waals surface area contributed by atoms with Gasteiger partial charge in [-0.05, 0) is 0 Å². The lowest BCUT2D eigenvalue weighted by Crippen LogP contribution is -2.57. The first-order valence-corrected chi connectivity index (χ1v) is 12.2. The van der Waals surface area contributed by atoms with E-state index in [4.69, 9.17) is 14.2 Å². The van der Waals surface area contributed by atoms with Crippen LogP contribution >= 0.6 is 0 Å². The molecule has 0 aliphatic heterocycles. The Balaban J connectivity index is 3.00. The lowest BCUT2D eigenvalue weighted by molar-refractivity contribution is 0.195. The van der Waals surface area contributed by atoms with Gasteiger partial charge >= 0.3 is 35.2 Å². The molecule has 0 fully saturated rings. The van der Waals surface area contributed by atoms with E-state index in [-0.39, 0.29) is 58.9 Å². The van der Waals surface area contributed by atoms with Gasteiger partial charge in [-0.25, -0.2) is 42.5 Å². The van der Waals surface area contributed by atoms with Gasteiger partial charge in [0.1, 0.15) is 0 Å². The van der Waals surface area contributed by atoms with Crippen molar-refractivity contribution in [2.24, 2.45) is 0 Å². The zero-order chi connectivity index (χ0) is 29.0. The summed E-state index contributed by atoms with van der Waals surface area (Å²) in [6.45, 7) is 0.737. The fourth-order valence-corrected chi connectivity index (χ4v) is 3.09. The number of carbonyl (C=O) groups excluding carboxylic acids is 3. The molecule has 6 N–H and O–H groups in total. The van der Waals surface area contributed by atoms with Crippen LogP contribution in [0.5, 0.6) is 0 Å². The average molecular weight is 562 g/mol. The number of nitrogens with zero attached hydrogens (tertiary/aromatic N) is 3. The van der Waals surface area contributed by atoms with Crippen LogP contribution in [0, 0.1) is 0 Å². The molecule has 18 nitrogen and oxygen atoms in total. The van der Waals surface area contributed by atoms with Crippen LogP contribution in [-0.2, 0) is 33.8 Å². The summed E-state index contributed by atoms with van der Waals surface area (Å²) in [5, 5.41) is 15.1. The number of hydrogen-bond donors (Lipinski definition) is 6. The van der Waals surface area contributed by atoms with E-state index in [0.29, 0.717) is 19.8 Å². The molecule has 6 amide bonds. The molecule has 0 saturated carbocycles. The van der Waals surface area contributed by atoms with Gasteiger partial charge in [0.2, 0.25) is 0 Å². The Bertz CT molecular complexity index is 921. The predicted molar refractivity (Wildman–Crippen MR) is 139 cm³/mol. The van der Waals surface area contributed by atoms with Crippen LogP contribution in [0.4, 0.5) is 14.4 Å². The molecular formula is C21H39N9O9. The van der Waals surface area contributed by atoms with Crippen molar-refractivity contribution in [3.63, 3.8) is 0 Å². The maximum absolute atomic E-state index is 13.0. The van der Waals surface area contributed by atoms with Crippen molar-refractivity contribution < 1.29 is 28.6 Å². The molecule has 0 atom stereocenters. The molecular weight excluding hydrogens is 522 g/mol. The van der Waals surface area contributed by atoms with Crippen LogP contribution < -0.4 is 49.0 Å². The summed E-state index contributed by atoms with van der Waals surface area (Å²) in [4.78, 5) is 74.5. The molecule has 1 heterocycles. The first kappa shape index (κ1) is 33.1. The van der Waals surface area contributed by atoms with Crippen molar-refractivity contribution in [1.29, 1.82) is 0 Å². The lowest BCUT2D eigenvalue weighted by Gasteiger charge is -2.15. The second-order valence-corrected chi connectivity index (χ2v) is 7.83. The second kappa shape index (κ2) is 19.2. The van der Waals surface area contributed by atoms with E-state index in [9.17, 15) is 28.8 Å². The highest BCUT2D eigenvalue weighted by Crippen LogP contribution is 1.80. The molecule has 0 spiro atoms. The topological polar surface area (TPSA) is 217 Å². The Morgan fingerprint density at radius 3 is 0.949 bits per heavy atom. The summed E-state index contributed by atoms with van der Waals surface area (Å²) in [7, 11) is 4.45. The number of nitrogens with one attached hydrogen (secondary N) is 6.